The van der Waals surface area contributed by atoms with E-state index in [-0.39, 0.29) is 11.9 Å². The highest BCUT2D eigenvalue weighted by molar-refractivity contribution is 5.84. The van der Waals surface area contributed by atoms with Crippen molar-refractivity contribution in [2.45, 2.75) is 19.4 Å². The number of aromatic nitrogens is 2. The van der Waals surface area contributed by atoms with Crippen LogP contribution in [-0.2, 0) is 11.2 Å². The van der Waals surface area contributed by atoms with E-state index >= 15 is 0 Å². The zero-order chi connectivity index (χ0) is 18.4. The maximum absolute atomic E-state index is 12.7. The lowest BCUT2D eigenvalue weighted by atomic mass is 10.1. The van der Waals surface area contributed by atoms with Gasteiger partial charge in [-0.25, -0.2) is 9.97 Å². The van der Waals surface area contributed by atoms with E-state index in [1.807, 2.05) is 36.1 Å². The number of hydrogen-bond donors (Lipinski definition) is 1. The van der Waals surface area contributed by atoms with Gasteiger partial charge in [0.25, 0.3) is 0 Å². The average Bonchev–Trinajstić information content (AvgIpc) is 2.70. The molecule has 1 fully saturated rings. The third kappa shape index (κ3) is 4.28. The highest BCUT2D eigenvalue weighted by atomic mass is 16.2. The molecular formula is C19H22N6O. The van der Waals surface area contributed by atoms with E-state index in [2.05, 4.69) is 26.3 Å². The third-order valence-electron chi connectivity index (χ3n) is 4.42. The van der Waals surface area contributed by atoms with Gasteiger partial charge in [0.15, 0.2) is 0 Å². The van der Waals surface area contributed by atoms with Gasteiger partial charge in [-0.2, -0.15) is 5.26 Å². The number of carbonyl (C=O) groups excluding carboxylic acids is 1. The Bertz CT molecular complexity index is 763. The van der Waals surface area contributed by atoms with Crippen molar-refractivity contribution in [1.82, 2.24) is 14.9 Å². The maximum atomic E-state index is 12.7. The number of hydrogen-bond acceptors (Lipinski definition) is 6. The number of nitrogens with one attached hydrogen (secondary N) is 1. The second-order valence-corrected chi connectivity index (χ2v) is 6.26. The van der Waals surface area contributed by atoms with Gasteiger partial charge in [0, 0.05) is 44.3 Å². The maximum Gasteiger partial charge on any atom is 0.244 e. The highest BCUT2D eigenvalue weighted by Gasteiger charge is 2.25. The highest BCUT2D eigenvalue weighted by Crippen LogP contribution is 2.14. The van der Waals surface area contributed by atoms with Crippen molar-refractivity contribution in [1.29, 1.82) is 5.26 Å². The fourth-order valence-electron chi connectivity index (χ4n) is 2.98. The van der Waals surface area contributed by atoms with Gasteiger partial charge in [-0.15, -0.1) is 0 Å². The molecule has 1 aliphatic rings. The van der Waals surface area contributed by atoms with Gasteiger partial charge in [0.1, 0.15) is 6.04 Å². The van der Waals surface area contributed by atoms with Gasteiger partial charge in [-0.3, -0.25) is 4.79 Å². The molecule has 1 aromatic heterocycles. The van der Waals surface area contributed by atoms with Crippen LogP contribution in [0.5, 0.6) is 0 Å². The van der Waals surface area contributed by atoms with Gasteiger partial charge in [0.2, 0.25) is 11.9 Å². The molecule has 7 nitrogen and oxygen atoms in total. The Morgan fingerprint density at radius 2 is 1.85 bits per heavy atom. The molecule has 1 N–H and O–H groups in total. The normalized spacial score (nSPS) is 15.2. The van der Waals surface area contributed by atoms with Crippen molar-refractivity contribution < 1.29 is 4.79 Å². The number of carbonyl (C=O) groups is 1. The summed E-state index contributed by atoms with van der Waals surface area (Å²) in [5.74, 6) is 0.794. The largest absolute Gasteiger partial charge is 0.374 e. The zero-order valence-corrected chi connectivity index (χ0v) is 14.8. The van der Waals surface area contributed by atoms with Crippen LogP contribution in [0, 0.1) is 11.3 Å². The van der Waals surface area contributed by atoms with E-state index in [0.717, 1.165) is 24.3 Å². The quantitative estimate of drug-likeness (QED) is 0.883. The molecule has 0 bridgehead atoms. The third-order valence-corrected chi connectivity index (χ3v) is 4.42. The molecule has 0 radical (unpaired) electrons. The molecule has 26 heavy (non-hydrogen) atoms. The molecular weight excluding hydrogens is 328 g/mol. The molecule has 3 rings (SSSR count). The van der Waals surface area contributed by atoms with Crippen molar-refractivity contribution in [2.24, 2.45) is 0 Å². The molecule has 0 spiro atoms. The van der Waals surface area contributed by atoms with Gasteiger partial charge in [-0.05, 0) is 30.7 Å². The Balaban J connectivity index is 1.52. The molecule has 2 aromatic rings. The smallest absolute Gasteiger partial charge is 0.244 e. The molecule has 7 heteroatoms. The number of piperazine rings is 1. The van der Waals surface area contributed by atoms with Crippen LogP contribution in [0.15, 0.2) is 42.7 Å². The van der Waals surface area contributed by atoms with Crippen molar-refractivity contribution in [3.8, 4) is 6.07 Å². The first kappa shape index (κ1) is 17.7. The van der Waals surface area contributed by atoms with Crippen LogP contribution in [0.4, 0.5) is 11.6 Å². The first-order valence-electron chi connectivity index (χ1n) is 8.70. The van der Waals surface area contributed by atoms with Crippen molar-refractivity contribution in [3.05, 3.63) is 48.3 Å². The molecule has 1 saturated heterocycles. The molecule has 134 valence electrons. The van der Waals surface area contributed by atoms with Crippen molar-refractivity contribution >= 4 is 17.5 Å². The van der Waals surface area contributed by atoms with Crippen LogP contribution in [-0.4, -0.2) is 53.0 Å². The monoisotopic (exact) mass is 350 g/mol. The predicted molar refractivity (Wildman–Crippen MR) is 99.7 cm³/mol. The first-order valence-corrected chi connectivity index (χ1v) is 8.70. The van der Waals surface area contributed by atoms with Gasteiger partial charge in [-0.1, -0.05) is 12.1 Å². The lowest BCUT2D eigenvalue weighted by Crippen LogP contribution is -2.52. The minimum atomic E-state index is -0.309. The fourth-order valence-corrected chi connectivity index (χ4v) is 2.98. The van der Waals surface area contributed by atoms with Gasteiger partial charge >= 0.3 is 0 Å². The van der Waals surface area contributed by atoms with Crippen LogP contribution in [0.1, 0.15) is 12.5 Å². The summed E-state index contributed by atoms with van der Waals surface area (Å²) in [4.78, 5) is 25.2. The summed E-state index contributed by atoms with van der Waals surface area (Å²) in [5.41, 5.74) is 1.85. The molecule has 1 atom stereocenters. The summed E-state index contributed by atoms with van der Waals surface area (Å²) in [5, 5.41) is 12.0. The van der Waals surface area contributed by atoms with E-state index < -0.39 is 0 Å². The number of benzene rings is 1. The van der Waals surface area contributed by atoms with Gasteiger partial charge in [0.05, 0.1) is 12.5 Å². The van der Waals surface area contributed by atoms with Crippen LogP contribution < -0.4 is 10.2 Å². The minimum absolute atomic E-state index is 0.0831. The van der Waals surface area contributed by atoms with E-state index in [4.69, 9.17) is 5.26 Å². The molecule has 1 amide bonds. The summed E-state index contributed by atoms with van der Waals surface area (Å²) in [6.45, 7) is 4.64. The Morgan fingerprint density at radius 1 is 1.19 bits per heavy atom. The Hall–Kier alpha value is -3.14. The average molecular weight is 350 g/mol. The standard InChI is InChI=1S/C19H22N6O/c1-15(23-17-5-3-16(4-6-17)7-8-20)18(26)24-11-13-25(14-12-24)19-21-9-2-10-22-19/h2-6,9-10,15,23H,7,11-14H2,1H3. The second kappa shape index (κ2) is 8.30. The van der Waals surface area contributed by atoms with Crippen LogP contribution >= 0.6 is 0 Å². The Labute approximate surface area is 153 Å². The first-order chi connectivity index (χ1) is 12.7. The number of rotatable bonds is 5. The fraction of sp³-hybridized carbons (Fsp3) is 0.368. The second-order valence-electron chi connectivity index (χ2n) is 6.26. The van der Waals surface area contributed by atoms with Crippen molar-refractivity contribution in [2.75, 3.05) is 36.4 Å². The lowest BCUT2D eigenvalue weighted by Gasteiger charge is -2.36. The summed E-state index contributed by atoms with van der Waals surface area (Å²) < 4.78 is 0. The summed E-state index contributed by atoms with van der Waals surface area (Å²) in [6, 6.07) is 11.2. The number of nitriles is 1. The number of nitrogens with zero attached hydrogens (tertiary/aromatic N) is 5. The number of anilines is 2. The predicted octanol–water partition coefficient (Wildman–Crippen LogP) is 1.69. The van der Waals surface area contributed by atoms with Crippen LogP contribution in [0.3, 0.4) is 0 Å². The SMILES string of the molecule is CC(Nc1ccc(CC#N)cc1)C(=O)N1CCN(c2ncccn2)CC1. The van der Waals surface area contributed by atoms with Crippen LogP contribution in [0.25, 0.3) is 0 Å². The van der Waals surface area contributed by atoms with E-state index in [0.29, 0.717) is 25.5 Å². The molecule has 0 aliphatic carbocycles. The molecule has 1 aromatic carbocycles. The van der Waals surface area contributed by atoms with E-state index in [1.54, 1.807) is 18.5 Å². The van der Waals surface area contributed by atoms with E-state index in [9.17, 15) is 4.79 Å². The summed E-state index contributed by atoms with van der Waals surface area (Å²) >= 11 is 0. The molecule has 1 aliphatic heterocycles. The molecule has 1 unspecified atom stereocenters. The van der Waals surface area contributed by atoms with Gasteiger partial charge < -0.3 is 15.1 Å². The van der Waals surface area contributed by atoms with Crippen LogP contribution in [0.2, 0.25) is 0 Å². The molecule has 2 heterocycles. The number of amides is 1. The lowest BCUT2D eigenvalue weighted by molar-refractivity contribution is -0.131. The Kier molecular flexibility index (Phi) is 5.64. The summed E-state index contributed by atoms with van der Waals surface area (Å²) in [6.07, 6.45) is 3.85. The van der Waals surface area contributed by atoms with Crippen molar-refractivity contribution in [3.63, 3.8) is 0 Å². The zero-order valence-electron chi connectivity index (χ0n) is 14.8. The molecule has 0 saturated carbocycles. The summed E-state index contributed by atoms with van der Waals surface area (Å²) in [7, 11) is 0. The van der Waals surface area contributed by atoms with E-state index in [1.165, 1.54) is 0 Å². The Morgan fingerprint density at radius 3 is 2.46 bits per heavy atom. The minimum Gasteiger partial charge on any atom is -0.374 e. The topological polar surface area (TPSA) is 85.2 Å².